The molecule has 14 heteroatoms. The van der Waals surface area contributed by atoms with Crippen LogP contribution in [0, 0.1) is 22.7 Å². The summed E-state index contributed by atoms with van der Waals surface area (Å²) >= 11 is 11.7. The molecule has 6 amide bonds. The average Bonchev–Trinajstić information content (AvgIpc) is 2.98. The molecule has 45 heavy (non-hydrogen) atoms. The number of nitrogens with one attached hydrogen (secondary N) is 6. The number of urea groups is 2. The minimum Gasteiger partial charge on any atom is -0.390 e. The number of carbonyl (C=O) groups excluding carboxylic acids is 4. The molecular formula is C31H34Cl2N8O4. The molecule has 0 aromatic heterocycles. The van der Waals surface area contributed by atoms with Crippen molar-refractivity contribution >= 4 is 58.5 Å². The van der Waals surface area contributed by atoms with Gasteiger partial charge in [-0.3, -0.25) is 20.2 Å². The molecular weight excluding hydrogens is 619 g/mol. The van der Waals surface area contributed by atoms with E-state index in [4.69, 9.17) is 23.2 Å². The third-order valence-corrected chi connectivity index (χ3v) is 6.55. The van der Waals surface area contributed by atoms with Crippen LogP contribution in [0.4, 0.5) is 21.0 Å². The lowest BCUT2D eigenvalue weighted by molar-refractivity contribution is -0.116. The fraction of sp³-hybridized carbons (Fsp3) is 0.290. The first-order valence-corrected chi connectivity index (χ1v) is 14.8. The first-order valence-electron chi connectivity index (χ1n) is 14.1. The molecule has 2 aromatic rings. The van der Waals surface area contributed by atoms with Gasteiger partial charge in [-0.05, 0) is 56.2 Å². The lowest BCUT2D eigenvalue weighted by Crippen LogP contribution is -2.36. The van der Waals surface area contributed by atoms with E-state index in [0.717, 1.165) is 38.5 Å². The number of allylic oxidation sites excluding steroid dienone is 1. The van der Waals surface area contributed by atoms with Gasteiger partial charge in [0.25, 0.3) is 11.8 Å². The Kier molecular flexibility index (Phi) is 16.1. The second-order valence-electron chi connectivity index (χ2n) is 9.62. The highest BCUT2D eigenvalue weighted by molar-refractivity contribution is 6.31. The van der Waals surface area contributed by atoms with Crippen LogP contribution in [0.3, 0.4) is 0 Å². The zero-order valence-electron chi connectivity index (χ0n) is 24.6. The van der Waals surface area contributed by atoms with Crippen LogP contribution in [0.25, 0.3) is 0 Å². The van der Waals surface area contributed by atoms with E-state index in [1.165, 1.54) is 18.3 Å². The molecule has 6 N–H and O–H groups in total. The average molecular weight is 654 g/mol. The van der Waals surface area contributed by atoms with E-state index in [2.05, 4.69) is 31.9 Å². The molecule has 2 aromatic carbocycles. The van der Waals surface area contributed by atoms with Crippen molar-refractivity contribution in [3.8, 4) is 12.1 Å². The summed E-state index contributed by atoms with van der Waals surface area (Å²) in [5.41, 5.74) is 0.770. The molecule has 0 aliphatic heterocycles. The number of carbonyl (C=O) groups is 4. The minimum absolute atomic E-state index is 0.185. The summed E-state index contributed by atoms with van der Waals surface area (Å²) in [6.07, 6.45) is 6.73. The summed E-state index contributed by atoms with van der Waals surface area (Å²) in [4.78, 5) is 48.7. The zero-order chi connectivity index (χ0) is 33.0. The number of benzene rings is 2. The van der Waals surface area contributed by atoms with Crippen LogP contribution in [0.2, 0.25) is 10.0 Å². The zero-order valence-corrected chi connectivity index (χ0v) is 26.1. The van der Waals surface area contributed by atoms with Crippen molar-refractivity contribution < 1.29 is 19.2 Å². The summed E-state index contributed by atoms with van der Waals surface area (Å²) in [6.45, 7) is 2.71. The van der Waals surface area contributed by atoms with Gasteiger partial charge in [0.05, 0.1) is 0 Å². The van der Waals surface area contributed by atoms with Crippen molar-refractivity contribution in [2.75, 3.05) is 23.7 Å². The Balaban J connectivity index is 1.59. The number of amides is 6. The highest BCUT2D eigenvalue weighted by atomic mass is 35.5. The van der Waals surface area contributed by atoms with E-state index in [-0.39, 0.29) is 11.1 Å². The molecule has 0 saturated carbocycles. The Morgan fingerprint density at radius 1 is 0.733 bits per heavy atom. The molecule has 0 bridgehead atoms. The first kappa shape index (κ1) is 36.2. The Morgan fingerprint density at radius 3 is 1.76 bits per heavy atom. The van der Waals surface area contributed by atoms with Gasteiger partial charge in [-0.15, -0.1) is 0 Å². The number of hydrogen-bond acceptors (Lipinski definition) is 8. The van der Waals surface area contributed by atoms with Gasteiger partial charge in [0, 0.05) is 46.4 Å². The van der Waals surface area contributed by atoms with Crippen LogP contribution >= 0.6 is 23.2 Å². The third kappa shape index (κ3) is 14.3. The number of rotatable bonds is 15. The largest absolute Gasteiger partial charge is 0.390 e. The number of unbranched alkanes of at least 4 members (excludes halogenated alkanes) is 5. The molecule has 0 heterocycles. The molecule has 0 aliphatic carbocycles. The Labute approximate surface area is 271 Å². The van der Waals surface area contributed by atoms with Crippen molar-refractivity contribution in [1.29, 1.82) is 10.5 Å². The summed E-state index contributed by atoms with van der Waals surface area (Å²) in [5.74, 6) is -1.64. The molecule has 0 atom stereocenters. The third-order valence-electron chi connectivity index (χ3n) is 6.08. The summed E-state index contributed by atoms with van der Waals surface area (Å²) in [5, 5.41) is 34.7. The van der Waals surface area contributed by atoms with Gasteiger partial charge in [-0.2, -0.15) is 10.5 Å². The summed E-state index contributed by atoms with van der Waals surface area (Å²) in [7, 11) is 0. The van der Waals surface area contributed by atoms with E-state index < -0.39 is 23.9 Å². The minimum atomic E-state index is -0.829. The molecule has 0 spiro atoms. The number of hydrogen-bond donors (Lipinski definition) is 6. The van der Waals surface area contributed by atoms with Crippen LogP contribution < -0.4 is 31.9 Å². The van der Waals surface area contributed by atoms with Crippen molar-refractivity contribution in [2.45, 2.75) is 45.4 Å². The van der Waals surface area contributed by atoms with Crippen LogP contribution in [0.1, 0.15) is 45.4 Å². The highest BCUT2D eigenvalue weighted by Gasteiger charge is 2.16. The quantitative estimate of drug-likeness (QED) is 0.0800. The topological polar surface area (TPSA) is 188 Å². The predicted molar refractivity (Wildman–Crippen MR) is 173 cm³/mol. The Bertz CT molecular complexity index is 1510. The summed E-state index contributed by atoms with van der Waals surface area (Å²) in [6, 6.07) is 14.9. The Hall–Kier alpha value is -5.04. The van der Waals surface area contributed by atoms with Gasteiger partial charge >= 0.3 is 12.1 Å². The van der Waals surface area contributed by atoms with Crippen LogP contribution in [-0.2, 0) is 9.59 Å². The van der Waals surface area contributed by atoms with Crippen LogP contribution in [0.5, 0.6) is 0 Å². The number of imide groups is 2. The lowest BCUT2D eigenvalue weighted by Gasteiger charge is -2.10. The maximum absolute atomic E-state index is 12.4. The molecule has 0 unspecified atom stereocenters. The number of nitrogens with zero attached hydrogens (tertiary/aromatic N) is 2. The molecule has 2 rings (SSSR count). The van der Waals surface area contributed by atoms with Gasteiger partial charge in [-0.25, -0.2) is 9.59 Å². The smallest absolute Gasteiger partial charge is 0.326 e. The van der Waals surface area contributed by atoms with Crippen molar-refractivity contribution in [3.63, 3.8) is 0 Å². The predicted octanol–water partition coefficient (Wildman–Crippen LogP) is 5.71. The summed E-state index contributed by atoms with van der Waals surface area (Å²) < 4.78 is 0. The SMILES string of the molecule is C/C(NCCCCCCCCN/C=C(/C#N)C(=O)NC(=O)Nc1cccc(Cl)c1)=C(/C#N)C(=O)NC(=O)Nc1cccc(Cl)c1. The second-order valence-corrected chi connectivity index (χ2v) is 10.5. The Morgan fingerprint density at radius 2 is 1.24 bits per heavy atom. The van der Waals surface area contributed by atoms with E-state index in [9.17, 15) is 29.7 Å². The van der Waals surface area contributed by atoms with E-state index >= 15 is 0 Å². The maximum Gasteiger partial charge on any atom is 0.326 e. The second kappa shape index (κ2) is 20.0. The maximum atomic E-state index is 12.4. The number of nitriles is 2. The highest BCUT2D eigenvalue weighted by Crippen LogP contribution is 2.15. The number of anilines is 2. The van der Waals surface area contributed by atoms with Crippen LogP contribution in [-0.4, -0.2) is 37.0 Å². The molecule has 0 fully saturated rings. The standard InChI is InChI=1S/C31H34Cl2N8O4/c1-21(27(19-35)29(43)41-31(45)39-26-13-9-11-24(33)17-26)37-15-7-5-3-2-4-6-14-36-20-22(18-34)28(42)40-30(44)38-25-12-8-10-23(32)16-25/h8-13,16-17,20,36-37H,2-7,14-15H2,1H3,(H2,38,40,42,44)(H2,39,41,43,45)/b22-20-,27-21+. The fourth-order valence-corrected chi connectivity index (χ4v) is 4.22. The van der Waals surface area contributed by atoms with Crippen molar-refractivity contribution in [3.05, 3.63) is 81.6 Å². The molecule has 0 saturated heterocycles. The normalized spacial score (nSPS) is 11.2. The van der Waals surface area contributed by atoms with Gasteiger partial charge in [0.1, 0.15) is 23.3 Å². The number of halogens is 2. The molecule has 236 valence electrons. The van der Waals surface area contributed by atoms with E-state index in [1.54, 1.807) is 49.4 Å². The molecule has 12 nitrogen and oxygen atoms in total. The molecule has 0 aliphatic rings. The first-order chi connectivity index (χ1) is 21.6. The van der Waals surface area contributed by atoms with Gasteiger partial charge in [0.2, 0.25) is 0 Å². The van der Waals surface area contributed by atoms with E-state index in [1.807, 2.05) is 6.07 Å². The van der Waals surface area contributed by atoms with Crippen molar-refractivity contribution in [1.82, 2.24) is 21.3 Å². The fourth-order valence-electron chi connectivity index (χ4n) is 3.84. The monoisotopic (exact) mass is 652 g/mol. The van der Waals surface area contributed by atoms with Gasteiger partial charge in [0.15, 0.2) is 0 Å². The molecule has 0 radical (unpaired) electrons. The van der Waals surface area contributed by atoms with Gasteiger partial charge < -0.3 is 21.3 Å². The lowest BCUT2D eigenvalue weighted by atomic mass is 10.1. The van der Waals surface area contributed by atoms with Gasteiger partial charge in [-0.1, -0.05) is 61.0 Å². The van der Waals surface area contributed by atoms with Crippen molar-refractivity contribution in [2.24, 2.45) is 0 Å². The van der Waals surface area contributed by atoms with Crippen LogP contribution in [0.15, 0.2) is 71.6 Å². The van der Waals surface area contributed by atoms with E-state index in [0.29, 0.717) is 40.2 Å².